The van der Waals surface area contributed by atoms with Crippen molar-refractivity contribution in [2.75, 3.05) is 11.9 Å². The second-order valence-corrected chi connectivity index (χ2v) is 9.42. The molecule has 8 heteroatoms. The van der Waals surface area contributed by atoms with E-state index in [-0.39, 0.29) is 5.41 Å². The molecular formula is C22H23IN6O. The monoisotopic (exact) mass is 514 g/mol. The second-order valence-electron chi connectivity index (χ2n) is 8.26. The highest BCUT2D eigenvalue weighted by atomic mass is 127. The standard InChI is InChI=1S/C22H23IN6O/c1-22(2,3)14-26-16-11-24-21(25-12-16)19-10-20(18-8-9-30-28-18)29(27-19)13-15-6-4-5-7-17(15)23/h4-12,26H,13-14H2,1-3H3. The van der Waals surface area contributed by atoms with Crippen molar-refractivity contribution >= 4 is 28.3 Å². The van der Waals surface area contributed by atoms with Crippen molar-refractivity contribution in [1.82, 2.24) is 24.9 Å². The summed E-state index contributed by atoms with van der Waals surface area (Å²) in [5.41, 5.74) is 4.53. The van der Waals surface area contributed by atoms with E-state index in [9.17, 15) is 0 Å². The molecule has 0 bridgehead atoms. The summed E-state index contributed by atoms with van der Waals surface area (Å²) in [6.07, 6.45) is 5.15. The minimum absolute atomic E-state index is 0.179. The molecule has 0 radical (unpaired) electrons. The first-order chi connectivity index (χ1) is 14.4. The number of benzene rings is 1. The number of rotatable bonds is 6. The molecule has 0 amide bonds. The van der Waals surface area contributed by atoms with Gasteiger partial charge >= 0.3 is 0 Å². The normalized spacial score (nSPS) is 11.6. The Morgan fingerprint density at radius 1 is 1.07 bits per heavy atom. The summed E-state index contributed by atoms with van der Waals surface area (Å²) in [6.45, 7) is 8.01. The van der Waals surface area contributed by atoms with E-state index in [1.807, 2.05) is 28.9 Å². The fourth-order valence-corrected chi connectivity index (χ4v) is 3.46. The third kappa shape index (κ3) is 4.86. The number of hydrogen-bond donors (Lipinski definition) is 1. The molecule has 3 aromatic heterocycles. The van der Waals surface area contributed by atoms with E-state index in [0.717, 1.165) is 23.6 Å². The topological polar surface area (TPSA) is 81.7 Å². The van der Waals surface area contributed by atoms with Gasteiger partial charge in [0.05, 0.1) is 30.3 Å². The maximum Gasteiger partial charge on any atom is 0.180 e. The van der Waals surface area contributed by atoms with Crippen LogP contribution in [0.1, 0.15) is 26.3 Å². The highest BCUT2D eigenvalue weighted by molar-refractivity contribution is 14.1. The third-order valence-electron chi connectivity index (χ3n) is 4.46. The fourth-order valence-electron chi connectivity index (χ4n) is 2.90. The molecule has 0 fully saturated rings. The Balaban J connectivity index is 1.63. The van der Waals surface area contributed by atoms with Gasteiger partial charge in [0, 0.05) is 16.2 Å². The first kappa shape index (κ1) is 20.5. The predicted octanol–water partition coefficient (Wildman–Crippen LogP) is 5.11. The van der Waals surface area contributed by atoms with Crippen LogP contribution in [0, 0.1) is 8.99 Å². The summed E-state index contributed by atoms with van der Waals surface area (Å²) >= 11 is 2.34. The minimum atomic E-state index is 0.179. The van der Waals surface area contributed by atoms with Crippen LogP contribution < -0.4 is 5.32 Å². The van der Waals surface area contributed by atoms with Crippen LogP contribution in [0.15, 0.2) is 59.6 Å². The summed E-state index contributed by atoms with van der Waals surface area (Å²) < 4.78 is 8.15. The molecule has 4 aromatic rings. The zero-order valence-corrected chi connectivity index (χ0v) is 19.3. The Morgan fingerprint density at radius 3 is 2.50 bits per heavy atom. The first-order valence-electron chi connectivity index (χ1n) is 9.67. The van der Waals surface area contributed by atoms with Gasteiger partial charge < -0.3 is 9.84 Å². The molecule has 30 heavy (non-hydrogen) atoms. The second kappa shape index (κ2) is 8.55. The lowest BCUT2D eigenvalue weighted by Gasteiger charge is -2.19. The van der Waals surface area contributed by atoms with Gasteiger partial charge in [0.2, 0.25) is 0 Å². The molecule has 7 nitrogen and oxygen atoms in total. The van der Waals surface area contributed by atoms with Gasteiger partial charge in [-0.15, -0.1) is 0 Å². The molecule has 0 aliphatic carbocycles. The predicted molar refractivity (Wildman–Crippen MR) is 125 cm³/mol. The Hall–Kier alpha value is -2.75. The summed E-state index contributed by atoms with van der Waals surface area (Å²) in [5.74, 6) is 0.572. The first-order valence-corrected chi connectivity index (χ1v) is 10.8. The highest BCUT2D eigenvalue weighted by Crippen LogP contribution is 2.25. The molecular weight excluding hydrogens is 491 g/mol. The van der Waals surface area contributed by atoms with Gasteiger partial charge in [-0.05, 0) is 45.7 Å². The maximum atomic E-state index is 5.05. The van der Waals surface area contributed by atoms with E-state index in [2.05, 4.69) is 75.9 Å². The summed E-state index contributed by atoms with van der Waals surface area (Å²) in [6, 6.07) is 12.0. The average Bonchev–Trinajstić information content (AvgIpc) is 3.38. The molecule has 1 aromatic carbocycles. The highest BCUT2D eigenvalue weighted by Gasteiger charge is 2.17. The maximum absolute atomic E-state index is 5.05. The summed E-state index contributed by atoms with van der Waals surface area (Å²) in [5, 5.41) is 12.2. The van der Waals surface area contributed by atoms with Crippen LogP contribution >= 0.6 is 22.6 Å². The van der Waals surface area contributed by atoms with Crippen LogP contribution in [0.3, 0.4) is 0 Å². The molecule has 3 heterocycles. The molecule has 0 aliphatic rings. The molecule has 0 saturated heterocycles. The summed E-state index contributed by atoms with van der Waals surface area (Å²) in [7, 11) is 0. The molecule has 1 N–H and O–H groups in total. The zero-order chi connectivity index (χ0) is 21.1. The molecule has 154 valence electrons. The molecule has 4 rings (SSSR count). The smallest absolute Gasteiger partial charge is 0.180 e. The number of hydrogen-bond acceptors (Lipinski definition) is 6. The quantitative estimate of drug-likeness (QED) is 0.361. The SMILES string of the molecule is CC(C)(C)CNc1cnc(-c2cc(-c3ccon3)n(Cc3ccccc3I)n2)nc1. The Bertz CT molecular complexity index is 1110. The van der Waals surface area contributed by atoms with Crippen molar-refractivity contribution < 1.29 is 4.52 Å². The number of aromatic nitrogens is 5. The van der Waals surface area contributed by atoms with Gasteiger partial charge in [0.25, 0.3) is 0 Å². The molecule has 0 aliphatic heterocycles. The van der Waals surface area contributed by atoms with E-state index in [1.54, 1.807) is 18.7 Å². The van der Waals surface area contributed by atoms with Crippen molar-refractivity contribution in [3.05, 3.63) is 64.2 Å². The van der Waals surface area contributed by atoms with Gasteiger partial charge in [-0.3, -0.25) is 4.68 Å². The average molecular weight is 514 g/mol. The third-order valence-corrected chi connectivity index (χ3v) is 5.51. The number of halogens is 1. The number of anilines is 1. The largest absolute Gasteiger partial charge is 0.382 e. The van der Waals surface area contributed by atoms with Crippen LogP contribution in [0.2, 0.25) is 0 Å². The van der Waals surface area contributed by atoms with Crippen LogP contribution in [-0.4, -0.2) is 31.4 Å². The zero-order valence-electron chi connectivity index (χ0n) is 17.1. The Labute approximate surface area is 189 Å². The van der Waals surface area contributed by atoms with E-state index < -0.39 is 0 Å². The Morgan fingerprint density at radius 2 is 1.83 bits per heavy atom. The van der Waals surface area contributed by atoms with Crippen LogP contribution in [0.5, 0.6) is 0 Å². The van der Waals surface area contributed by atoms with Crippen molar-refractivity contribution in [2.24, 2.45) is 5.41 Å². The van der Waals surface area contributed by atoms with Crippen molar-refractivity contribution in [3.63, 3.8) is 0 Å². The van der Waals surface area contributed by atoms with E-state index in [1.165, 1.54) is 9.13 Å². The van der Waals surface area contributed by atoms with Gasteiger partial charge in [0.1, 0.15) is 17.7 Å². The number of nitrogens with one attached hydrogen (secondary N) is 1. The van der Waals surface area contributed by atoms with Gasteiger partial charge in [-0.25, -0.2) is 9.97 Å². The molecule has 0 atom stereocenters. The lowest BCUT2D eigenvalue weighted by atomic mass is 9.97. The van der Waals surface area contributed by atoms with E-state index in [0.29, 0.717) is 18.1 Å². The van der Waals surface area contributed by atoms with Crippen LogP contribution in [0.25, 0.3) is 22.9 Å². The fraction of sp³-hybridized carbons (Fsp3) is 0.273. The minimum Gasteiger partial charge on any atom is -0.382 e. The number of nitrogens with zero attached hydrogens (tertiary/aromatic N) is 5. The lowest BCUT2D eigenvalue weighted by Crippen LogP contribution is -2.19. The van der Waals surface area contributed by atoms with E-state index >= 15 is 0 Å². The molecule has 0 spiro atoms. The van der Waals surface area contributed by atoms with Crippen molar-refractivity contribution in [2.45, 2.75) is 27.3 Å². The van der Waals surface area contributed by atoms with Gasteiger partial charge in [0.15, 0.2) is 5.82 Å². The van der Waals surface area contributed by atoms with Crippen molar-refractivity contribution in [1.29, 1.82) is 0 Å². The van der Waals surface area contributed by atoms with Gasteiger partial charge in [-0.1, -0.05) is 44.1 Å². The van der Waals surface area contributed by atoms with Crippen LogP contribution in [-0.2, 0) is 6.54 Å². The summed E-state index contributed by atoms with van der Waals surface area (Å²) in [4.78, 5) is 9.03. The Kier molecular flexibility index (Phi) is 5.85. The van der Waals surface area contributed by atoms with Crippen molar-refractivity contribution in [3.8, 4) is 22.9 Å². The van der Waals surface area contributed by atoms with Gasteiger partial charge in [-0.2, -0.15) is 5.10 Å². The molecule has 0 saturated carbocycles. The molecule has 0 unspecified atom stereocenters. The lowest BCUT2D eigenvalue weighted by molar-refractivity contribution is 0.421. The van der Waals surface area contributed by atoms with Crippen LogP contribution in [0.4, 0.5) is 5.69 Å². The van der Waals surface area contributed by atoms with E-state index in [4.69, 9.17) is 9.62 Å².